The highest BCUT2D eigenvalue weighted by atomic mass is 16.4. The Morgan fingerprint density at radius 3 is 3.00 bits per heavy atom. The number of benzene rings is 1. The molecule has 2 aromatic heterocycles. The van der Waals surface area contributed by atoms with E-state index in [1.807, 2.05) is 13.1 Å². The van der Waals surface area contributed by atoms with Crippen LogP contribution in [0.5, 0.6) is 0 Å². The number of hydrogen-bond acceptors (Lipinski definition) is 5. The van der Waals surface area contributed by atoms with E-state index >= 15 is 0 Å². The summed E-state index contributed by atoms with van der Waals surface area (Å²) in [6, 6.07) is 6.29. The SMILES string of the molecule is Cc1oc(-c2cnn(C)c2)nc1C(=O)NCc1ccc2c(c1)CNC2. The third kappa shape index (κ3) is 3.06. The van der Waals surface area contributed by atoms with E-state index in [2.05, 4.69) is 32.8 Å². The van der Waals surface area contributed by atoms with E-state index in [1.165, 1.54) is 11.1 Å². The summed E-state index contributed by atoms with van der Waals surface area (Å²) < 4.78 is 7.28. The largest absolute Gasteiger partial charge is 0.440 e. The van der Waals surface area contributed by atoms with Crippen molar-refractivity contribution in [1.29, 1.82) is 0 Å². The van der Waals surface area contributed by atoms with Crippen molar-refractivity contribution in [2.45, 2.75) is 26.6 Å². The van der Waals surface area contributed by atoms with Gasteiger partial charge in [-0.15, -0.1) is 0 Å². The number of rotatable bonds is 4. The Hall–Kier alpha value is -2.93. The Morgan fingerprint density at radius 2 is 2.20 bits per heavy atom. The molecule has 0 saturated carbocycles. The highest BCUT2D eigenvalue weighted by Crippen LogP contribution is 2.21. The fourth-order valence-corrected chi connectivity index (χ4v) is 2.99. The molecule has 4 rings (SSSR count). The van der Waals surface area contributed by atoms with Gasteiger partial charge in [-0.25, -0.2) is 4.98 Å². The number of carbonyl (C=O) groups is 1. The summed E-state index contributed by atoms with van der Waals surface area (Å²) in [5, 5.41) is 10.3. The van der Waals surface area contributed by atoms with Crippen molar-refractivity contribution >= 4 is 5.91 Å². The van der Waals surface area contributed by atoms with Crippen molar-refractivity contribution in [1.82, 2.24) is 25.4 Å². The van der Waals surface area contributed by atoms with Crippen molar-refractivity contribution in [2.24, 2.45) is 7.05 Å². The average Bonchev–Trinajstić information content (AvgIpc) is 3.31. The van der Waals surface area contributed by atoms with E-state index < -0.39 is 0 Å². The first-order valence-corrected chi connectivity index (χ1v) is 8.16. The molecule has 128 valence electrons. The van der Waals surface area contributed by atoms with Crippen LogP contribution in [0.1, 0.15) is 32.9 Å². The molecule has 0 spiro atoms. The molecule has 1 aliphatic heterocycles. The molecule has 25 heavy (non-hydrogen) atoms. The predicted octanol–water partition coefficient (Wildman–Crippen LogP) is 1.92. The lowest BCUT2D eigenvalue weighted by atomic mass is 10.1. The molecule has 0 unspecified atom stereocenters. The first-order chi connectivity index (χ1) is 12.1. The van der Waals surface area contributed by atoms with E-state index in [1.54, 1.807) is 24.0 Å². The minimum atomic E-state index is -0.241. The molecule has 2 N–H and O–H groups in total. The van der Waals surface area contributed by atoms with Gasteiger partial charge in [0.2, 0.25) is 5.89 Å². The van der Waals surface area contributed by atoms with Gasteiger partial charge in [0.05, 0.1) is 11.8 Å². The van der Waals surface area contributed by atoms with Crippen LogP contribution in [0.25, 0.3) is 11.5 Å². The van der Waals surface area contributed by atoms with Crippen molar-refractivity contribution in [3.63, 3.8) is 0 Å². The van der Waals surface area contributed by atoms with Crippen LogP contribution in [0.3, 0.4) is 0 Å². The number of nitrogens with one attached hydrogen (secondary N) is 2. The average molecular weight is 337 g/mol. The van der Waals surface area contributed by atoms with Crippen molar-refractivity contribution < 1.29 is 9.21 Å². The fourth-order valence-electron chi connectivity index (χ4n) is 2.99. The molecule has 0 radical (unpaired) electrons. The Kier molecular flexibility index (Phi) is 3.85. The summed E-state index contributed by atoms with van der Waals surface area (Å²) in [7, 11) is 1.82. The molecule has 3 heterocycles. The van der Waals surface area contributed by atoms with Gasteiger partial charge in [-0.05, 0) is 23.6 Å². The number of amides is 1. The van der Waals surface area contributed by atoms with Gasteiger partial charge in [-0.1, -0.05) is 18.2 Å². The molecule has 7 heteroatoms. The standard InChI is InChI=1S/C18H19N5O2/c1-11-16(22-18(25-11)15-9-21-23(2)10-15)17(24)20-6-12-3-4-13-7-19-8-14(13)5-12/h3-5,9-10,19H,6-8H2,1-2H3,(H,20,24). The highest BCUT2D eigenvalue weighted by molar-refractivity contribution is 5.93. The summed E-state index contributed by atoms with van der Waals surface area (Å²) in [6.45, 7) is 3.99. The fraction of sp³-hybridized carbons (Fsp3) is 0.278. The Morgan fingerprint density at radius 1 is 1.36 bits per heavy atom. The van der Waals surface area contributed by atoms with Crippen LogP contribution in [0.15, 0.2) is 35.0 Å². The summed E-state index contributed by atoms with van der Waals surface area (Å²) in [5.41, 5.74) is 4.74. The van der Waals surface area contributed by atoms with Gasteiger partial charge in [0, 0.05) is 32.9 Å². The van der Waals surface area contributed by atoms with Crippen LogP contribution >= 0.6 is 0 Å². The number of aromatic nitrogens is 3. The molecule has 0 aliphatic carbocycles. The molecule has 0 bridgehead atoms. The van der Waals surface area contributed by atoms with Gasteiger partial charge in [0.1, 0.15) is 5.76 Å². The maximum atomic E-state index is 12.5. The third-order valence-electron chi connectivity index (χ3n) is 4.32. The van der Waals surface area contributed by atoms with E-state index in [0.29, 0.717) is 23.9 Å². The lowest BCUT2D eigenvalue weighted by molar-refractivity contribution is 0.0945. The topological polar surface area (TPSA) is 85.0 Å². The second-order valence-electron chi connectivity index (χ2n) is 6.22. The molecule has 1 aromatic carbocycles. The lowest BCUT2D eigenvalue weighted by Crippen LogP contribution is -2.23. The number of hydrogen-bond donors (Lipinski definition) is 2. The highest BCUT2D eigenvalue weighted by Gasteiger charge is 2.19. The van der Waals surface area contributed by atoms with Crippen molar-refractivity contribution in [2.75, 3.05) is 0 Å². The van der Waals surface area contributed by atoms with Crippen molar-refractivity contribution in [3.8, 4) is 11.5 Å². The van der Waals surface area contributed by atoms with Gasteiger partial charge in [-0.3, -0.25) is 9.48 Å². The summed E-state index contributed by atoms with van der Waals surface area (Å²) in [5.74, 6) is 0.656. The van der Waals surface area contributed by atoms with Crippen LogP contribution in [0.2, 0.25) is 0 Å². The zero-order chi connectivity index (χ0) is 17.4. The second-order valence-corrected chi connectivity index (χ2v) is 6.22. The minimum Gasteiger partial charge on any atom is -0.440 e. The minimum absolute atomic E-state index is 0.241. The monoisotopic (exact) mass is 337 g/mol. The normalized spacial score (nSPS) is 13.0. The number of nitrogens with zero attached hydrogens (tertiary/aromatic N) is 3. The van der Waals surface area contributed by atoms with Crippen LogP contribution in [-0.2, 0) is 26.7 Å². The molecule has 1 aliphatic rings. The maximum absolute atomic E-state index is 12.5. The van der Waals surface area contributed by atoms with Crippen molar-refractivity contribution in [3.05, 3.63) is 58.7 Å². The third-order valence-corrected chi connectivity index (χ3v) is 4.32. The van der Waals surface area contributed by atoms with Gasteiger partial charge < -0.3 is 15.1 Å². The van der Waals surface area contributed by atoms with Gasteiger partial charge in [0.15, 0.2) is 5.69 Å². The van der Waals surface area contributed by atoms with E-state index in [-0.39, 0.29) is 5.91 Å². The predicted molar refractivity (Wildman–Crippen MR) is 91.6 cm³/mol. The number of aryl methyl sites for hydroxylation is 2. The maximum Gasteiger partial charge on any atom is 0.273 e. The molecular formula is C18H19N5O2. The molecular weight excluding hydrogens is 318 g/mol. The molecule has 0 saturated heterocycles. The molecule has 0 fully saturated rings. The molecule has 1 amide bonds. The van der Waals surface area contributed by atoms with Gasteiger partial charge in [-0.2, -0.15) is 5.10 Å². The summed E-state index contributed by atoms with van der Waals surface area (Å²) in [6.07, 6.45) is 3.46. The van der Waals surface area contributed by atoms with Crippen LogP contribution < -0.4 is 10.6 Å². The number of fused-ring (bicyclic) bond motifs is 1. The second kappa shape index (κ2) is 6.18. The van der Waals surface area contributed by atoms with Crippen LogP contribution in [0.4, 0.5) is 0 Å². The van der Waals surface area contributed by atoms with Crippen LogP contribution in [0, 0.1) is 6.92 Å². The molecule has 3 aromatic rings. The van der Waals surface area contributed by atoms with E-state index in [4.69, 9.17) is 4.42 Å². The Bertz CT molecular complexity index is 941. The lowest BCUT2D eigenvalue weighted by Gasteiger charge is -2.06. The zero-order valence-electron chi connectivity index (χ0n) is 14.2. The Labute approximate surface area is 145 Å². The quantitative estimate of drug-likeness (QED) is 0.760. The molecule has 7 nitrogen and oxygen atoms in total. The summed E-state index contributed by atoms with van der Waals surface area (Å²) in [4.78, 5) is 16.8. The van der Waals surface area contributed by atoms with E-state index in [9.17, 15) is 4.79 Å². The van der Waals surface area contributed by atoms with Crippen LogP contribution in [-0.4, -0.2) is 20.7 Å². The van der Waals surface area contributed by atoms with Gasteiger partial charge in [0.25, 0.3) is 5.91 Å². The molecule has 0 atom stereocenters. The van der Waals surface area contributed by atoms with Gasteiger partial charge >= 0.3 is 0 Å². The smallest absolute Gasteiger partial charge is 0.273 e. The zero-order valence-corrected chi connectivity index (χ0v) is 14.2. The van der Waals surface area contributed by atoms with E-state index in [0.717, 1.165) is 24.2 Å². The number of oxazole rings is 1. The number of carbonyl (C=O) groups excluding carboxylic acids is 1. The Balaban J connectivity index is 1.47. The summed E-state index contributed by atoms with van der Waals surface area (Å²) >= 11 is 0. The first-order valence-electron chi connectivity index (χ1n) is 8.16. The first kappa shape index (κ1) is 15.6.